The number of para-hydroxylation sites is 4. The Hall–Kier alpha value is -6.43. The van der Waals surface area contributed by atoms with Crippen LogP contribution in [0.3, 0.4) is 0 Å². The van der Waals surface area contributed by atoms with Gasteiger partial charge in [-0.3, -0.25) is 4.98 Å². The van der Waals surface area contributed by atoms with E-state index in [-0.39, 0.29) is 21.1 Å². The van der Waals surface area contributed by atoms with Crippen molar-refractivity contribution in [2.45, 2.75) is 40.0 Å². The summed E-state index contributed by atoms with van der Waals surface area (Å²) in [7, 11) is 0. The van der Waals surface area contributed by atoms with E-state index in [2.05, 4.69) is 182 Å². The van der Waals surface area contributed by atoms with Gasteiger partial charge in [-0.1, -0.05) is 114 Å². The maximum atomic E-state index is 6.94. The first kappa shape index (κ1) is 36.9. The van der Waals surface area contributed by atoms with Gasteiger partial charge in [-0.05, 0) is 84.7 Å². The number of fused-ring (bicyclic) bond motifs is 9. The Balaban J connectivity index is 0.00000420. The van der Waals surface area contributed by atoms with Gasteiger partial charge in [-0.15, -0.1) is 36.5 Å². The van der Waals surface area contributed by atoms with Crippen molar-refractivity contribution in [1.82, 2.24) is 14.4 Å². The second kappa shape index (κ2) is 13.9. The summed E-state index contributed by atoms with van der Waals surface area (Å²) in [6.45, 7) is 13.4. The number of ether oxygens (including phenoxy) is 1. The number of benzene rings is 6. The number of aromatic nitrogens is 3. The number of pyridine rings is 2. The SMILES string of the molecule is Cc1cc(C)c(N2[CH-]N(c3[c-]c(Oc4[c-]c5c(cc4)c4cccnc4n4ccnc54)cc4c3C(C)(C)c3ccccc3N4c3ccccc3)c3ccccc32)c(C)c1.[Pt]. The number of hydrogen-bond acceptors (Lipinski definition) is 6. The van der Waals surface area contributed by atoms with Crippen LogP contribution in [0.4, 0.5) is 39.8 Å². The zero-order valence-electron chi connectivity index (χ0n) is 33.3. The van der Waals surface area contributed by atoms with Crippen LogP contribution in [0.25, 0.3) is 27.5 Å². The fourth-order valence-corrected chi connectivity index (χ4v) is 9.41. The summed E-state index contributed by atoms with van der Waals surface area (Å²) in [4.78, 5) is 16.4. The molecule has 0 N–H and O–H groups in total. The maximum absolute atomic E-state index is 6.94. The van der Waals surface area contributed by atoms with Gasteiger partial charge >= 0.3 is 0 Å². The molecule has 8 heteroatoms. The van der Waals surface area contributed by atoms with Crippen LogP contribution in [0, 0.1) is 39.6 Å². The first-order valence-electron chi connectivity index (χ1n) is 19.7. The molecule has 2 aliphatic rings. The van der Waals surface area contributed by atoms with Crippen molar-refractivity contribution in [3.8, 4) is 11.5 Å². The van der Waals surface area contributed by atoms with E-state index in [0.29, 0.717) is 11.5 Å². The molecule has 0 fully saturated rings. The maximum Gasteiger partial charge on any atom is 0.128 e. The Labute approximate surface area is 358 Å². The summed E-state index contributed by atoms with van der Waals surface area (Å²) in [6.07, 6.45) is 5.56. The summed E-state index contributed by atoms with van der Waals surface area (Å²) in [5.74, 6) is 1.15. The molecule has 59 heavy (non-hydrogen) atoms. The third-order valence-electron chi connectivity index (χ3n) is 11.8. The minimum absolute atomic E-state index is 0. The molecule has 0 saturated heterocycles. The van der Waals surface area contributed by atoms with Gasteiger partial charge in [0.15, 0.2) is 0 Å². The molecule has 0 unspecified atom stereocenters. The molecule has 0 aliphatic carbocycles. The molecule has 5 heterocycles. The Morgan fingerprint density at radius 3 is 2.10 bits per heavy atom. The molecular formula is C51H39N6OPt-3. The Kier molecular flexibility index (Phi) is 8.66. The molecule has 0 spiro atoms. The van der Waals surface area contributed by atoms with Crippen LogP contribution in [0.15, 0.2) is 140 Å². The summed E-state index contributed by atoms with van der Waals surface area (Å²) in [5.41, 5.74) is 14.8. The summed E-state index contributed by atoms with van der Waals surface area (Å²) in [5, 5.41) is 2.91. The fraction of sp³-hybridized carbons (Fsp3) is 0.118. The predicted molar refractivity (Wildman–Crippen MR) is 235 cm³/mol. The number of rotatable bonds is 5. The van der Waals surface area contributed by atoms with E-state index < -0.39 is 5.41 Å². The fourth-order valence-electron chi connectivity index (χ4n) is 9.41. The van der Waals surface area contributed by atoms with Crippen LogP contribution in [0.2, 0.25) is 0 Å². The van der Waals surface area contributed by atoms with Crippen molar-refractivity contribution in [3.63, 3.8) is 0 Å². The van der Waals surface area contributed by atoms with Gasteiger partial charge in [0, 0.05) is 79.6 Å². The van der Waals surface area contributed by atoms with Crippen molar-refractivity contribution in [2.75, 3.05) is 14.7 Å². The molecule has 0 radical (unpaired) electrons. The number of nitrogens with zero attached hydrogens (tertiary/aromatic N) is 6. The molecule has 7 nitrogen and oxygen atoms in total. The second-order valence-corrected chi connectivity index (χ2v) is 15.9. The van der Waals surface area contributed by atoms with E-state index in [1.165, 1.54) is 27.9 Å². The van der Waals surface area contributed by atoms with E-state index in [4.69, 9.17) is 9.72 Å². The van der Waals surface area contributed by atoms with E-state index in [1.807, 2.05) is 28.9 Å². The summed E-state index contributed by atoms with van der Waals surface area (Å²) < 4.78 is 8.95. The van der Waals surface area contributed by atoms with Gasteiger partial charge in [-0.2, -0.15) is 0 Å². The number of imidazole rings is 1. The molecule has 2 aliphatic heterocycles. The summed E-state index contributed by atoms with van der Waals surface area (Å²) >= 11 is 0. The minimum atomic E-state index is -0.413. The van der Waals surface area contributed by atoms with Gasteiger partial charge in [0.25, 0.3) is 0 Å². The normalized spacial score (nSPS) is 14.0. The molecule has 292 valence electrons. The average Bonchev–Trinajstić information content (AvgIpc) is 3.87. The van der Waals surface area contributed by atoms with Crippen LogP contribution in [-0.2, 0) is 26.5 Å². The van der Waals surface area contributed by atoms with Gasteiger partial charge in [0.05, 0.1) is 5.65 Å². The van der Waals surface area contributed by atoms with Crippen LogP contribution >= 0.6 is 0 Å². The van der Waals surface area contributed by atoms with Gasteiger partial charge < -0.3 is 23.8 Å². The van der Waals surface area contributed by atoms with E-state index in [9.17, 15) is 0 Å². The van der Waals surface area contributed by atoms with Crippen molar-refractivity contribution >= 4 is 67.3 Å². The van der Waals surface area contributed by atoms with Gasteiger partial charge in [0.2, 0.25) is 0 Å². The van der Waals surface area contributed by atoms with Crippen LogP contribution in [-0.4, -0.2) is 14.4 Å². The molecule has 9 aromatic rings. The van der Waals surface area contributed by atoms with Crippen molar-refractivity contribution in [2.24, 2.45) is 0 Å². The molecule has 0 saturated carbocycles. The second-order valence-electron chi connectivity index (χ2n) is 15.9. The Bertz CT molecular complexity index is 3100. The van der Waals surface area contributed by atoms with Crippen LogP contribution in [0.1, 0.15) is 41.7 Å². The first-order valence-corrected chi connectivity index (χ1v) is 19.7. The molecule has 6 aromatic carbocycles. The van der Waals surface area contributed by atoms with Crippen molar-refractivity contribution < 1.29 is 25.8 Å². The van der Waals surface area contributed by atoms with Crippen LogP contribution < -0.4 is 19.4 Å². The van der Waals surface area contributed by atoms with Gasteiger partial charge in [0.1, 0.15) is 5.65 Å². The smallest absolute Gasteiger partial charge is 0.128 e. The topological polar surface area (TPSA) is 49.1 Å². The third kappa shape index (κ3) is 5.66. The van der Waals surface area contributed by atoms with Crippen molar-refractivity contribution in [1.29, 1.82) is 0 Å². The van der Waals surface area contributed by atoms with Crippen molar-refractivity contribution in [3.05, 3.63) is 187 Å². The van der Waals surface area contributed by atoms with Crippen LogP contribution in [0.5, 0.6) is 11.5 Å². The van der Waals surface area contributed by atoms with Gasteiger partial charge in [-0.25, -0.2) is 4.98 Å². The molecule has 0 bridgehead atoms. The number of aryl methyl sites for hydroxylation is 3. The Morgan fingerprint density at radius 2 is 1.32 bits per heavy atom. The first-order chi connectivity index (χ1) is 28.3. The Morgan fingerprint density at radius 1 is 0.627 bits per heavy atom. The van der Waals surface area contributed by atoms with E-state index >= 15 is 0 Å². The molecular weight excluding hydrogens is 908 g/mol. The number of anilines is 7. The molecule has 11 rings (SSSR count). The largest absolute Gasteiger partial charge is 0.503 e. The molecule has 0 amide bonds. The minimum Gasteiger partial charge on any atom is -0.503 e. The zero-order chi connectivity index (χ0) is 39.3. The van der Waals surface area contributed by atoms with E-state index in [1.54, 1.807) is 6.20 Å². The van der Waals surface area contributed by atoms with E-state index in [0.717, 1.165) is 67.1 Å². The standard InChI is InChI=1S/C51H39N6O.Pt/c1-32-26-33(2)48(34(3)27-32)56-31-55(43-19-11-12-20-44(43)56)45-29-37(58-36-21-22-38-39-16-13-23-52-49(39)54-25-24-53-50(54)40(38)28-36)30-46-47(45)51(4,5)41-17-9-10-18-42(41)57(46)35-14-7-6-8-15-35;/h6-27,30-31H,1-5H3;/q-3;. The number of hydrogen-bond donors (Lipinski definition) is 0. The average molecular weight is 947 g/mol. The predicted octanol–water partition coefficient (Wildman–Crippen LogP) is 12.9. The molecule has 3 aromatic heterocycles. The monoisotopic (exact) mass is 946 g/mol. The summed E-state index contributed by atoms with van der Waals surface area (Å²) in [6, 6.07) is 50.2. The molecule has 0 atom stereocenters. The zero-order valence-corrected chi connectivity index (χ0v) is 35.5. The quantitative estimate of drug-likeness (QED) is 0.127. The third-order valence-corrected chi connectivity index (χ3v) is 11.8.